The smallest absolute Gasteiger partial charge is 0.0369 e. The SMILES string of the molecule is Cc1cc(N2CCC(N3CCCCC3)CC2)ccc1CN. The number of anilines is 1. The Hall–Kier alpha value is -1.06. The van der Waals surface area contributed by atoms with E-state index in [0.717, 1.165) is 6.04 Å². The van der Waals surface area contributed by atoms with Gasteiger partial charge >= 0.3 is 0 Å². The number of nitrogens with two attached hydrogens (primary N) is 1. The topological polar surface area (TPSA) is 32.5 Å². The largest absolute Gasteiger partial charge is 0.371 e. The number of benzene rings is 1. The molecule has 116 valence electrons. The van der Waals surface area contributed by atoms with E-state index >= 15 is 0 Å². The summed E-state index contributed by atoms with van der Waals surface area (Å²) in [6.07, 6.45) is 6.87. The minimum Gasteiger partial charge on any atom is -0.371 e. The van der Waals surface area contributed by atoms with Gasteiger partial charge in [-0.15, -0.1) is 0 Å². The molecule has 0 atom stereocenters. The minimum absolute atomic E-state index is 0.642. The van der Waals surface area contributed by atoms with Crippen molar-refractivity contribution in [2.45, 2.75) is 51.6 Å². The molecule has 0 bridgehead atoms. The average molecular weight is 287 g/mol. The van der Waals surface area contributed by atoms with Gasteiger partial charge in [-0.1, -0.05) is 12.5 Å². The van der Waals surface area contributed by atoms with E-state index in [0.29, 0.717) is 6.54 Å². The van der Waals surface area contributed by atoms with Crippen LogP contribution in [-0.2, 0) is 6.54 Å². The highest BCUT2D eigenvalue weighted by molar-refractivity contribution is 5.51. The summed E-state index contributed by atoms with van der Waals surface area (Å²) < 4.78 is 0. The van der Waals surface area contributed by atoms with Crippen LogP contribution in [0.5, 0.6) is 0 Å². The summed E-state index contributed by atoms with van der Waals surface area (Å²) in [5.41, 5.74) is 9.73. The van der Waals surface area contributed by atoms with Gasteiger partial charge in [0.1, 0.15) is 0 Å². The van der Waals surface area contributed by atoms with Crippen molar-refractivity contribution in [3.05, 3.63) is 29.3 Å². The van der Waals surface area contributed by atoms with Crippen molar-refractivity contribution in [2.24, 2.45) is 5.73 Å². The summed E-state index contributed by atoms with van der Waals surface area (Å²) >= 11 is 0. The van der Waals surface area contributed by atoms with Crippen LogP contribution in [-0.4, -0.2) is 37.1 Å². The summed E-state index contributed by atoms with van der Waals surface area (Å²) in [5, 5.41) is 0. The zero-order valence-corrected chi connectivity index (χ0v) is 13.4. The molecule has 1 aromatic rings. The van der Waals surface area contributed by atoms with Gasteiger partial charge in [0.15, 0.2) is 0 Å². The van der Waals surface area contributed by atoms with E-state index in [4.69, 9.17) is 5.73 Å². The van der Waals surface area contributed by atoms with Gasteiger partial charge in [0.05, 0.1) is 0 Å². The number of nitrogens with zero attached hydrogens (tertiary/aromatic N) is 2. The van der Waals surface area contributed by atoms with Gasteiger partial charge in [-0.05, 0) is 69.0 Å². The predicted octanol–water partition coefficient (Wildman–Crippen LogP) is 2.91. The first-order chi connectivity index (χ1) is 10.3. The second-order valence-electron chi connectivity index (χ2n) is 6.63. The minimum atomic E-state index is 0.642. The van der Waals surface area contributed by atoms with E-state index in [2.05, 4.69) is 34.9 Å². The van der Waals surface area contributed by atoms with Crippen molar-refractivity contribution < 1.29 is 0 Å². The van der Waals surface area contributed by atoms with Gasteiger partial charge in [-0.3, -0.25) is 0 Å². The molecule has 0 aliphatic carbocycles. The van der Waals surface area contributed by atoms with Crippen molar-refractivity contribution in [1.82, 2.24) is 4.90 Å². The Labute approximate surface area is 129 Å². The fraction of sp³-hybridized carbons (Fsp3) is 0.667. The van der Waals surface area contributed by atoms with Gasteiger partial charge in [0, 0.05) is 31.4 Å². The Morgan fingerprint density at radius 1 is 1.05 bits per heavy atom. The zero-order valence-electron chi connectivity index (χ0n) is 13.4. The Morgan fingerprint density at radius 3 is 2.38 bits per heavy atom. The molecule has 21 heavy (non-hydrogen) atoms. The summed E-state index contributed by atoms with van der Waals surface area (Å²) in [7, 11) is 0. The maximum atomic E-state index is 5.76. The van der Waals surface area contributed by atoms with Gasteiger partial charge in [0.2, 0.25) is 0 Å². The maximum Gasteiger partial charge on any atom is 0.0369 e. The van der Waals surface area contributed by atoms with E-state index in [9.17, 15) is 0 Å². The molecule has 3 nitrogen and oxygen atoms in total. The second-order valence-corrected chi connectivity index (χ2v) is 6.63. The van der Waals surface area contributed by atoms with E-state index in [1.807, 2.05) is 0 Å². The van der Waals surface area contributed by atoms with Gasteiger partial charge in [0.25, 0.3) is 0 Å². The van der Waals surface area contributed by atoms with Gasteiger partial charge < -0.3 is 15.5 Å². The molecule has 3 rings (SSSR count). The highest BCUT2D eigenvalue weighted by Crippen LogP contribution is 2.26. The molecule has 0 aromatic heterocycles. The highest BCUT2D eigenvalue weighted by atomic mass is 15.2. The Bertz CT molecular complexity index is 458. The molecule has 0 amide bonds. The molecular formula is C18H29N3. The second kappa shape index (κ2) is 6.80. The van der Waals surface area contributed by atoms with E-state index in [1.165, 1.54) is 75.1 Å². The molecule has 0 radical (unpaired) electrons. The molecule has 0 saturated carbocycles. The summed E-state index contributed by atoms with van der Waals surface area (Å²) in [4.78, 5) is 5.29. The number of hydrogen-bond donors (Lipinski definition) is 1. The van der Waals surface area contributed by atoms with Crippen LogP contribution in [0.2, 0.25) is 0 Å². The lowest BCUT2D eigenvalue weighted by Crippen LogP contribution is -2.46. The van der Waals surface area contributed by atoms with Crippen molar-refractivity contribution in [3.63, 3.8) is 0 Å². The van der Waals surface area contributed by atoms with Crippen molar-refractivity contribution in [2.75, 3.05) is 31.1 Å². The molecule has 0 spiro atoms. The Balaban J connectivity index is 1.58. The van der Waals surface area contributed by atoms with Crippen LogP contribution in [0.3, 0.4) is 0 Å². The van der Waals surface area contributed by atoms with Gasteiger partial charge in [-0.25, -0.2) is 0 Å². The summed E-state index contributed by atoms with van der Waals surface area (Å²) in [6.45, 7) is 7.87. The maximum absolute atomic E-state index is 5.76. The molecule has 2 N–H and O–H groups in total. The molecule has 2 aliphatic rings. The van der Waals surface area contributed by atoms with Crippen LogP contribution in [0.15, 0.2) is 18.2 Å². The van der Waals surface area contributed by atoms with Crippen LogP contribution in [0.1, 0.15) is 43.2 Å². The third kappa shape index (κ3) is 3.41. The number of likely N-dealkylation sites (tertiary alicyclic amines) is 1. The van der Waals surface area contributed by atoms with Crippen LogP contribution < -0.4 is 10.6 Å². The molecule has 0 unspecified atom stereocenters. The first-order valence-corrected chi connectivity index (χ1v) is 8.56. The first kappa shape index (κ1) is 14.9. The number of hydrogen-bond acceptors (Lipinski definition) is 3. The van der Waals surface area contributed by atoms with Crippen molar-refractivity contribution in [3.8, 4) is 0 Å². The molecule has 2 aliphatic heterocycles. The fourth-order valence-electron chi connectivity index (χ4n) is 3.88. The first-order valence-electron chi connectivity index (χ1n) is 8.56. The normalized spacial score (nSPS) is 21.7. The van der Waals surface area contributed by atoms with Crippen molar-refractivity contribution in [1.29, 1.82) is 0 Å². The predicted molar refractivity (Wildman–Crippen MR) is 89.7 cm³/mol. The van der Waals surface area contributed by atoms with E-state index in [1.54, 1.807) is 0 Å². The van der Waals surface area contributed by atoms with Crippen LogP contribution in [0, 0.1) is 6.92 Å². The molecule has 2 fully saturated rings. The fourth-order valence-corrected chi connectivity index (χ4v) is 3.88. The third-order valence-electron chi connectivity index (χ3n) is 5.28. The van der Waals surface area contributed by atoms with Crippen LogP contribution in [0.25, 0.3) is 0 Å². The highest BCUT2D eigenvalue weighted by Gasteiger charge is 2.25. The third-order valence-corrected chi connectivity index (χ3v) is 5.28. The van der Waals surface area contributed by atoms with Crippen LogP contribution >= 0.6 is 0 Å². The monoisotopic (exact) mass is 287 g/mol. The number of rotatable bonds is 3. The lowest BCUT2D eigenvalue weighted by molar-refractivity contribution is 0.141. The van der Waals surface area contributed by atoms with Crippen LogP contribution in [0.4, 0.5) is 5.69 Å². The molecule has 2 heterocycles. The number of piperidine rings is 2. The lowest BCUT2D eigenvalue weighted by Gasteiger charge is -2.41. The molecular weight excluding hydrogens is 258 g/mol. The number of aryl methyl sites for hydroxylation is 1. The average Bonchev–Trinajstić information content (AvgIpc) is 2.56. The van der Waals surface area contributed by atoms with Gasteiger partial charge in [-0.2, -0.15) is 0 Å². The van der Waals surface area contributed by atoms with E-state index < -0.39 is 0 Å². The lowest BCUT2D eigenvalue weighted by atomic mass is 9.99. The Kier molecular flexibility index (Phi) is 4.81. The summed E-state index contributed by atoms with van der Waals surface area (Å²) in [6, 6.07) is 7.58. The zero-order chi connectivity index (χ0) is 14.7. The van der Waals surface area contributed by atoms with Crippen molar-refractivity contribution >= 4 is 5.69 Å². The summed E-state index contributed by atoms with van der Waals surface area (Å²) in [5.74, 6) is 0. The molecule has 3 heteroatoms. The van der Waals surface area contributed by atoms with E-state index in [-0.39, 0.29) is 0 Å². The standard InChI is InChI=1S/C18H29N3/c1-15-13-18(6-5-16(15)14-19)21-11-7-17(8-12-21)20-9-3-2-4-10-20/h5-6,13,17H,2-4,7-12,14,19H2,1H3. The quantitative estimate of drug-likeness (QED) is 0.928. The molecule has 2 saturated heterocycles. The molecule has 1 aromatic carbocycles. The Morgan fingerprint density at radius 2 is 1.76 bits per heavy atom.